The second kappa shape index (κ2) is 5.42. The van der Waals surface area contributed by atoms with E-state index in [1.165, 1.54) is 12.1 Å². The Balaban J connectivity index is 1.72. The zero-order valence-electron chi connectivity index (χ0n) is 13.3. The van der Waals surface area contributed by atoms with Crippen LogP contribution in [0.2, 0.25) is 0 Å². The summed E-state index contributed by atoms with van der Waals surface area (Å²) in [6.45, 7) is 5.22. The Morgan fingerprint density at radius 3 is 3.09 bits per heavy atom. The van der Waals surface area contributed by atoms with Crippen molar-refractivity contribution in [2.75, 3.05) is 37.8 Å². The van der Waals surface area contributed by atoms with Gasteiger partial charge in [0.05, 0.1) is 18.7 Å². The van der Waals surface area contributed by atoms with Gasteiger partial charge in [0, 0.05) is 42.5 Å². The van der Waals surface area contributed by atoms with Gasteiger partial charge in [-0.2, -0.15) is 0 Å². The van der Waals surface area contributed by atoms with Crippen LogP contribution >= 0.6 is 0 Å². The van der Waals surface area contributed by atoms with Crippen molar-refractivity contribution in [2.24, 2.45) is 11.3 Å². The summed E-state index contributed by atoms with van der Waals surface area (Å²) in [7, 11) is 0. The van der Waals surface area contributed by atoms with Gasteiger partial charge < -0.3 is 14.7 Å². The molecule has 0 radical (unpaired) electrons. The molecule has 5 heteroatoms. The van der Waals surface area contributed by atoms with E-state index < -0.39 is 0 Å². The fourth-order valence-corrected chi connectivity index (χ4v) is 4.00. The molecule has 4 nitrogen and oxygen atoms in total. The second-order valence-electron chi connectivity index (χ2n) is 6.88. The Labute approximate surface area is 134 Å². The van der Waals surface area contributed by atoms with Crippen molar-refractivity contribution in [1.82, 2.24) is 4.98 Å². The number of pyridine rings is 1. The highest BCUT2D eigenvalue weighted by Gasteiger charge is 2.48. The number of benzene rings is 1. The number of fused-ring (bicyclic) bond motifs is 2. The van der Waals surface area contributed by atoms with Crippen LogP contribution in [0, 0.1) is 24.1 Å². The molecule has 0 spiro atoms. The molecule has 0 saturated carbocycles. The van der Waals surface area contributed by atoms with Gasteiger partial charge >= 0.3 is 0 Å². The highest BCUT2D eigenvalue weighted by atomic mass is 19.1. The molecule has 0 aliphatic carbocycles. The lowest BCUT2D eigenvalue weighted by molar-refractivity contribution is -0.0410. The molecule has 3 heterocycles. The number of aryl methyl sites for hydroxylation is 1. The van der Waals surface area contributed by atoms with Crippen molar-refractivity contribution in [3.05, 3.63) is 35.6 Å². The fraction of sp³-hybridized carbons (Fsp3) is 0.500. The van der Waals surface area contributed by atoms with E-state index in [4.69, 9.17) is 4.74 Å². The van der Waals surface area contributed by atoms with E-state index in [9.17, 15) is 9.50 Å². The third-order valence-corrected chi connectivity index (χ3v) is 5.48. The van der Waals surface area contributed by atoms with Gasteiger partial charge in [0.2, 0.25) is 0 Å². The van der Waals surface area contributed by atoms with E-state index >= 15 is 0 Å². The monoisotopic (exact) mass is 316 g/mol. The molecule has 1 aromatic heterocycles. The first-order valence-corrected chi connectivity index (χ1v) is 8.12. The molecule has 2 aromatic rings. The quantitative estimate of drug-likeness (QED) is 0.925. The Kier molecular flexibility index (Phi) is 3.50. The number of anilines is 1. The average Bonchev–Trinajstić information content (AvgIpc) is 2.94. The predicted octanol–water partition coefficient (Wildman–Crippen LogP) is 2.52. The lowest BCUT2D eigenvalue weighted by Crippen LogP contribution is -2.41. The van der Waals surface area contributed by atoms with Gasteiger partial charge in [-0.1, -0.05) is 0 Å². The molecule has 2 fully saturated rings. The van der Waals surface area contributed by atoms with E-state index in [1.807, 2.05) is 6.92 Å². The third-order valence-electron chi connectivity index (χ3n) is 5.48. The zero-order valence-corrected chi connectivity index (χ0v) is 13.3. The van der Waals surface area contributed by atoms with Crippen molar-refractivity contribution < 1.29 is 14.2 Å². The molecular formula is C18H21FN2O2. The maximum atomic E-state index is 13.5. The molecule has 0 amide bonds. The SMILES string of the molecule is Cc1cc(N2C[C@@H]3COCC[C@]3(CO)C2)nc2cc(F)ccc12. The minimum Gasteiger partial charge on any atom is -0.396 e. The van der Waals surface area contributed by atoms with Crippen LogP contribution in [-0.2, 0) is 4.74 Å². The Hall–Kier alpha value is -1.72. The molecule has 1 aromatic carbocycles. The first-order valence-electron chi connectivity index (χ1n) is 8.12. The number of aliphatic hydroxyl groups is 1. The van der Waals surface area contributed by atoms with Crippen molar-refractivity contribution in [3.63, 3.8) is 0 Å². The Bertz CT molecular complexity index is 751. The van der Waals surface area contributed by atoms with Gasteiger partial charge in [-0.25, -0.2) is 9.37 Å². The normalized spacial score (nSPS) is 27.4. The van der Waals surface area contributed by atoms with Gasteiger partial charge in [0.25, 0.3) is 0 Å². The smallest absolute Gasteiger partial charge is 0.129 e. The van der Waals surface area contributed by atoms with E-state index in [0.717, 1.165) is 36.3 Å². The minimum absolute atomic E-state index is 0.0925. The minimum atomic E-state index is -0.267. The van der Waals surface area contributed by atoms with Gasteiger partial charge in [0.1, 0.15) is 11.6 Å². The van der Waals surface area contributed by atoms with Crippen molar-refractivity contribution >= 4 is 16.7 Å². The van der Waals surface area contributed by atoms with Crippen LogP contribution in [0.1, 0.15) is 12.0 Å². The van der Waals surface area contributed by atoms with Crippen LogP contribution in [0.3, 0.4) is 0 Å². The summed E-state index contributed by atoms with van der Waals surface area (Å²) >= 11 is 0. The maximum Gasteiger partial charge on any atom is 0.129 e. The summed E-state index contributed by atoms with van der Waals surface area (Å²) in [5.41, 5.74) is 1.68. The van der Waals surface area contributed by atoms with Crippen LogP contribution < -0.4 is 4.90 Å². The highest BCUT2D eigenvalue weighted by molar-refractivity contribution is 5.84. The number of aliphatic hydroxyl groups excluding tert-OH is 1. The zero-order chi connectivity index (χ0) is 16.0. The number of nitrogens with zero attached hydrogens (tertiary/aromatic N) is 2. The number of rotatable bonds is 2. The molecule has 2 atom stereocenters. The second-order valence-corrected chi connectivity index (χ2v) is 6.88. The van der Waals surface area contributed by atoms with Gasteiger partial charge in [-0.15, -0.1) is 0 Å². The molecule has 122 valence electrons. The van der Waals surface area contributed by atoms with E-state index in [1.54, 1.807) is 6.07 Å². The Morgan fingerprint density at radius 2 is 2.30 bits per heavy atom. The topological polar surface area (TPSA) is 45.6 Å². The molecule has 1 N–H and O–H groups in total. The number of ether oxygens (including phenoxy) is 1. The van der Waals surface area contributed by atoms with Crippen molar-refractivity contribution in [2.45, 2.75) is 13.3 Å². The third kappa shape index (κ3) is 2.39. The molecule has 0 unspecified atom stereocenters. The number of hydrogen-bond donors (Lipinski definition) is 1. The summed E-state index contributed by atoms with van der Waals surface area (Å²) in [4.78, 5) is 6.88. The largest absolute Gasteiger partial charge is 0.396 e. The first-order chi connectivity index (χ1) is 11.1. The van der Waals surface area contributed by atoms with Crippen LogP contribution in [0.25, 0.3) is 10.9 Å². The van der Waals surface area contributed by atoms with Gasteiger partial charge in [-0.05, 0) is 37.1 Å². The molecule has 23 heavy (non-hydrogen) atoms. The van der Waals surface area contributed by atoms with Crippen molar-refractivity contribution in [3.8, 4) is 0 Å². The van der Waals surface area contributed by atoms with Crippen LogP contribution in [0.15, 0.2) is 24.3 Å². The summed E-state index contributed by atoms with van der Waals surface area (Å²) in [6, 6.07) is 6.80. The summed E-state index contributed by atoms with van der Waals surface area (Å²) in [5.74, 6) is 0.922. The maximum absolute atomic E-state index is 13.5. The van der Waals surface area contributed by atoms with Crippen LogP contribution in [0.5, 0.6) is 0 Å². The highest BCUT2D eigenvalue weighted by Crippen LogP contribution is 2.43. The molecule has 4 rings (SSSR count). The Morgan fingerprint density at radius 1 is 1.43 bits per heavy atom. The van der Waals surface area contributed by atoms with E-state index in [2.05, 4.69) is 16.0 Å². The van der Waals surface area contributed by atoms with Crippen LogP contribution in [0.4, 0.5) is 10.2 Å². The van der Waals surface area contributed by atoms with E-state index in [-0.39, 0.29) is 17.8 Å². The number of aromatic nitrogens is 1. The summed E-state index contributed by atoms with van der Waals surface area (Å²) in [6.07, 6.45) is 0.881. The van der Waals surface area contributed by atoms with Gasteiger partial charge in [0.15, 0.2) is 0 Å². The number of halogens is 1. The predicted molar refractivity (Wildman–Crippen MR) is 87.1 cm³/mol. The lowest BCUT2D eigenvalue weighted by atomic mass is 9.75. The molecular weight excluding hydrogens is 295 g/mol. The van der Waals surface area contributed by atoms with E-state index in [0.29, 0.717) is 24.6 Å². The number of hydrogen-bond acceptors (Lipinski definition) is 4. The lowest BCUT2D eigenvalue weighted by Gasteiger charge is -2.36. The standard InChI is InChI=1S/C18H21FN2O2/c1-12-6-17(20-16-7-14(19)2-3-15(12)16)21-8-13-9-23-5-4-18(13,10-21)11-22/h2-3,6-7,13,22H,4-5,8-11H2,1H3/t13-,18-/m1/s1. The molecule has 2 aliphatic rings. The molecule has 2 aliphatic heterocycles. The first kappa shape index (κ1) is 14.8. The fourth-order valence-electron chi connectivity index (χ4n) is 4.00. The summed E-state index contributed by atoms with van der Waals surface area (Å²) in [5, 5.41) is 10.9. The van der Waals surface area contributed by atoms with Gasteiger partial charge in [-0.3, -0.25) is 0 Å². The molecule has 0 bridgehead atoms. The van der Waals surface area contributed by atoms with Crippen LogP contribution in [-0.4, -0.2) is 43.0 Å². The summed E-state index contributed by atoms with van der Waals surface area (Å²) < 4.78 is 19.1. The molecule has 2 saturated heterocycles. The average molecular weight is 316 g/mol. The van der Waals surface area contributed by atoms with Crippen molar-refractivity contribution in [1.29, 1.82) is 0 Å².